The Balaban J connectivity index is 3.25. The van der Waals surface area contributed by atoms with Crippen molar-refractivity contribution in [3.63, 3.8) is 0 Å². The van der Waals surface area contributed by atoms with Gasteiger partial charge in [-0.25, -0.2) is 0 Å². The van der Waals surface area contributed by atoms with Gasteiger partial charge < -0.3 is 19.3 Å². The predicted octanol–water partition coefficient (Wildman–Crippen LogP) is -2.11. The molecule has 0 amide bonds. The predicted molar refractivity (Wildman–Crippen MR) is 82.5 cm³/mol. The quantitative estimate of drug-likeness (QED) is 0.352. The summed E-state index contributed by atoms with van der Waals surface area (Å²) in [6.45, 7) is 1.27. The topological polar surface area (TPSA) is 169 Å². The molecule has 0 aromatic rings. The van der Waals surface area contributed by atoms with E-state index in [1.54, 1.807) is 0 Å². The first-order valence-electron chi connectivity index (χ1n) is 7.10. The summed E-state index contributed by atoms with van der Waals surface area (Å²) in [7, 11) is -8.08. The summed E-state index contributed by atoms with van der Waals surface area (Å²) in [6, 6.07) is 0. The minimum absolute atomic E-state index is 0.687. The third kappa shape index (κ3) is 7.51. The van der Waals surface area contributed by atoms with Gasteiger partial charge in [0.05, 0.1) is 19.1 Å². The average molecular weight is 420 g/mol. The number of esters is 2. The number of carbonyl (C=O) groups excluding carboxylic acids is 2. The smallest absolute Gasteiger partial charge is 0.303 e. The fraction of sp³-hybridized carbons (Fsp3) is 0.833. The summed E-state index contributed by atoms with van der Waals surface area (Å²) in [5, 5.41) is 10.0. The molecule has 0 spiro atoms. The molecule has 0 saturated carbocycles. The largest absolute Gasteiger partial charge is 0.457 e. The number of carbonyl (C=O) groups is 2. The van der Waals surface area contributed by atoms with Gasteiger partial charge in [0, 0.05) is 13.8 Å². The van der Waals surface area contributed by atoms with Crippen LogP contribution < -0.4 is 0 Å². The summed E-state index contributed by atoms with van der Waals surface area (Å²) in [5.74, 6) is -1.78. The second kappa shape index (κ2) is 8.58. The molecule has 12 nitrogen and oxygen atoms in total. The standard InChI is InChI=1S/C12H20O12S2/c1-6(13)21-9-8(5-20-25(3,16)17)23-12(15)11(22-7(2)14)10(9)24-26(4,18)19/h8-12,15H,5H2,1-4H3/t8-,9-,10-,11-,12+/m1/s1. The first-order valence-corrected chi connectivity index (χ1v) is 10.7. The highest BCUT2D eigenvalue weighted by molar-refractivity contribution is 7.86. The summed E-state index contributed by atoms with van der Waals surface area (Å²) in [4.78, 5) is 22.6. The highest BCUT2D eigenvalue weighted by atomic mass is 32.2. The van der Waals surface area contributed by atoms with Crippen molar-refractivity contribution in [2.75, 3.05) is 19.1 Å². The zero-order valence-corrected chi connectivity index (χ0v) is 16.0. The molecule has 0 aromatic carbocycles. The third-order valence-corrected chi connectivity index (χ3v) is 4.08. The van der Waals surface area contributed by atoms with Crippen molar-refractivity contribution in [1.29, 1.82) is 0 Å². The number of rotatable bonds is 7. The Hall–Kier alpha value is -1.32. The molecule has 26 heavy (non-hydrogen) atoms. The lowest BCUT2D eigenvalue weighted by molar-refractivity contribution is -0.286. The van der Waals surface area contributed by atoms with E-state index >= 15 is 0 Å². The molecule has 1 saturated heterocycles. The normalized spacial score (nSPS) is 29.8. The molecule has 1 rings (SSSR count). The monoisotopic (exact) mass is 420 g/mol. The molecule has 1 heterocycles. The van der Waals surface area contributed by atoms with Crippen molar-refractivity contribution in [1.82, 2.24) is 0 Å². The Labute approximate surface area is 150 Å². The van der Waals surface area contributed by atoms with Crippen molar-refractivity contribution >= 4 is 32.2 Å². The molecule has 1 aliphatic rings. The van der Waals surface area contributed by atoms with Crippen LogP contribution >= 0.6 is 0 Å². The summed E-state index contributed by atoms with van der Waals surface area (Å²) in [6.07, 6.45) is -6.81. The molecular weight excluding hydrogens is 400 g/mol. The van der Waals surface area contributed by atoms with Gasteiger partial charge in [-0.1, -0.05) is 0 Å². The Kier molecular flexibility index (Phi) is 7.50. The van der Waals surface area contributed by atoms with Gasteiger partial charge in [0.2, 0.25) is 0 Å². The second-order valence-electron chi connectivity index (χ2n) is 5.47. The molecule has 0 radical (unpaired) electrons. The minimum Gasteiger partial charge on any atom is -0.457 e. The van der Waals surface area contributed by atoms with Gasteiger partial charge in [0.25, 0.3) is 20.2 Å². The van der Waals surface area contributed by atoms with Crippen LogP contribution in [0.1, 0.15) is 13.8 Å². The first-order chi connectivity index (χ1) is 11.7. The van der Waals surface area contributed by atoms with Crippen LogP contribution in [0.3, 0.4) is 0 Å². The summed E-state index contributed by atoms with van der Waals surface area (Å²) >= 11 is 0. The van der Waals surface area contributed by atoms with E-state index in [1.807, 2.05) is 0 Å². The van der Waals surface area contributed by atoms with Gasteiger partial charge in [-0.15, -0.1) is 0 Å². The lowest BCUT2D eigenvalue weighted by Gasteiger charge is -2.42. The number of aliphatic hydroxyl groups is 1. The van der Waals surface area contributed by atoms with Crippen LogP contribution in [-0.2, 0) is 52.4 Å². The molecule has 0 aliphatic carbocycles. The molecule has 1 aliphatic heterocycles. The van der Waals surface area contributed by atoms with Crippen molar-refractivity contribution in [2.45, 2.75) is 44.6 Å². The molecule has 1 N–H and O–H groups in total. The Morgan fingerprint density at radius 3 is 1.85 bits per heavy atom. The first kappa shape index (κ1) is 22.7. The van der Waals surface area contributed by atoms with Gasteiger partial charge in [-0.05, 0) is 0 Å². The highest BCUT2D eigenvalue weighted by Crippen LogP contribution is 2.29. The summed E-state index contributed by atoms with van der Waals surface area (Å²) in [5.41, 5.74) is 0. The van der Waals surface area contributed by atoms with Gasteiger partial charge in [0.1, 0.15) is 6.10 Å². The average Bonchev–Trinajstić information content (AvgIpc) is 2.41. The van der Waals surface area contributed by atoms with Crippen LogP contribution in [0.4, 0.5) is 0 Å². The van der Waals surface area contributed by atoms with Crippen LogP contribution in [0.25, 0.3) is 0 Å². The molecule has 0 unspecified atom stereocenters. The molecule has 0 bridgehead atoms. The highest BCUT2D eigenvalue weighted by Gasteiger charge is 2.51. The Morgan fingerprint density at radius 1 is 0.923 bits per heavy atom. The zero-order chi connectivity index (χ0) is 20.3. The second-order valence-corrected chi connectivity index (χ2v) is 8.71. The van der Waals surface area contributed by atoms with Crippen molar-refractivity contribution in [2.24, 2.45) is 0 Å². The van der Waals surface area contributed by atoms with E-state index in [1.165, 1.54) is 0 Å². The SMILES string of the molecule is CC(=O)O[C@@H]1[C@H](OS(C)(=O)=O)[C@H](OC(C)=O)[C@@H](COS(C)(=O)=O)O[C@@H]1O. The van der Waals surface area contributed by atoms with Crippen molar-refractivity contribution in [3.8, 4) is 0 Å². The van der Waals surface area contributed by atoms with Crippen LogP contribution in [-0.4, -0.2) is 83.7 Å². The van der Waals surface area contributed by atoms with Gasteiger partial charge in [-0.3, -0.25) is 18.0 Å². The number of ether oxygens (including phenoxy) is 3. The number of hydrogen-bond acceptors (Lipinski definition) is 12. The Bertz CT molecular complexity index is 727. The lowest BCUT2D eigenvalue weighted by Crippen LogP contribution is -2.62. The molecule has 0 aromatic heterocycles. The fourth-order valence-corrected chi connectivity index (χ4v) is 3.19. The molecule has 5 atom stereocenters. The lowest BCUT2D eigenvalue weighted by atomic mass is 9.99. The van der Waals surface area contributed by atoms with Gasteiger partial charge in [0.15, 0.2) is 24.6 Å². The van der Waals surface area contributed by atoms with E-state index in [-0.39, 0.29) is 0 Å². The van der Waals surface area contributed by atoms with E-state index in [2.05, 4.69) is 4.18 Å². The minimum atomic E-state index is -4.16. The van der Waals surface area contributed by atoms with Gasteiger partial charge >= 0.3 is 11.9 Å². The third-order valence-electron chi connectivity index (χ3n) is 2.95. The molecule has 1 fully saturated rings. The zero-order valence-electron chi connectivity index (χ0n) is 14.3. The van der Waals surface area contributed by atoms with Crippen LogP contribution in [0.15, 0.2) is 0 Å². The van der Waals surface area contributed by atoms with E-state index in [0.717, 1.165) is 20.1 Å². The van der Waals surface area contributed by atoms with Crippen LogP contribution in [0.2, 0.25) is 0 Å². The number of aliphatic hydroxyl groups excluding tert-OH is 1. The summed E-state index contributed by atoms with van der Waals surface area (Å²) < 4.78 is 69.6. The van der Waals surface area contributed by atoms with E-state index in [4.69, 9.17) is 18.4 Å². The molecule has 152 valence electrons. The maximum absolute atomic E-state index is 11.5. The van der Waals surface area contributed by atoms with Gasteiger partial charge in [-0.2, -0.15) is 16.8 Å². The number of hydrogen-bond donors (Lipinski definition) is 1. The van der Waals surface area contributed by atoms with E-state index in [0.29, 0.717) is 6.26 Å². The maximum atomic E-state index is 11.5. The van der Waals surface area contributed by atoms with Crippen LogP contribution in [0.5, 0.6) is 0 Å². The molecule has 14 heteroatoms. The van der Waals surface area contributed by atoms with Crippen molar-refractivity contribution < 1.29 is 54.1 Å². The van der Waals surface area contributed by atoms with E-state index in [9.17, 15) is 31.5 Å². The van der Waals surface area contributed by atoms with Crippen molar-refractivity contribution in [3.05, 3.63) is 0 Å². The van der Waals surface area contributed by atoms with E-state index < -0.39 is 69.5 Å². The fourth-order valence-electron chi connectivity index (χ4n) is 2.18. The maximum Gasteiger partial charge on any atom is 0.303 e. The van der Waals surface area contributed by atoms with Crippen LogP contribution in [0, 0.1) is 0 Å². The Morgan fingerprint density at radius 2 is 1.42 bits per heavy atom. The molecular formula is C12H20O12S2.